The summed E-state index contributed by atoms with van der Waals surface area (Å²) in [4.78, 5) is 22.0. The number of non-ortho nitro benzene ring substituents is 1. The van der Waals surface area contributed by atoms with E-state index in [1.807, 2.05) is 18.2 Å². The molecule has 0 saturated carbocycles. The lowest BCUT2D eigenvalue weighted by Gasteiger charge is -2.09. The normalized spacial score (nSPS) is 10.4. The van der Waals surface area contributed by atoms with Gasteiger partial charge in [0.05, 0.1) is 11.1 Å². The molecule has 1 amide bonds. The number of hydrogen-bond donors (Lipinski definition) is 1. The minimum atomic E-state index is -0.496. The number of nitrogens with zero attached hydrogens (tertiary/aromatic N) is 2. The molecule has 0 aromatic heterocycles. The van der Waals surface area contributed by atoms with Gasteiger partial charge in [0.15, 0.2) is 6.61 Å². The van der Waals surface area contributed by atoms with Crippen molar-refractivity contribution >= 4 is 17.8 Å². The van der Waals surface area contributed by atoms with Crippen molar-refractivity contribution in [3.63, 3.8) is 0 Å². The van der Waals surface area contributed by atoms with E-state index in [0.29, 0.717) is 17.7 Å². The molecule has 0 aliphatic carbocycles. The molecule has 0 unspecified atom stereocenters. The smallest absolute Gasteiger partial charge is 0.277 e. The van der Waals surface area contributed by atoms with Crippen LogP contribution in [0.15, 0.2) is 66.3 Å². The molecule has 2 rings (SSSR count). The third kappa shape index (κ3) is 5.58. The van der Waals surface area contributed by atoms with Gasteiger partial charge < -0.3 is 4.74 Å². The molecule has 0 aliphatic heterocycles. The summed E-state index contributed by atoms with van der Waals surface area (Å²) in [7, 11) is 0. The van der Waals surface area contributed by atoms with Crippen LogP contribution in [0, 0.1) is 10.1 Å². The van der Waals surface area contributed by atoms with Crippen molar-refractivity contribution in [2.75, 3.05) is 6.61 Å². The van der Waals surface area contributed by atoms with E-state index in [2.05, 4.69) is 17.1 Å². The van der Waals surface area contributed by atoms with Gasteiger partial charge in [-0.1, -0.05) is 36.4 Å². The zero-order valence-electron chi connectivity index (χ0n) is 13.4. The van der Waals surface area contributed by atoms with Crippen molar-refractivity contribution in [2.24, 2.45) is 5.10 Å². The third-order valence-electron chi connectivity index (χ3n) is 3.18. The van der Waals surface area contributed by atoms with Crippen LogP contribution in [0.2, 0.25) is 0 Å². The van der Waals surface area contributed by atoms with Crippen molar-refractivity contribution in [2.45, 2.75) is 6.42 Å². The Labute approximate surface area is 144 Å². The van der Waals surface area contributed by atoms with Crippen LogP contribution < -0.4 is 10.2 Å². The molecule has 0 bridgehead atoms. The number of ether oxygens (including phenoxy) is 1. The second-order valence-electron chi connectivity index (χ2n) is 5.03. The van der Waals surface area contributed by atoms with E-state index >= 15 is 0 Å². The van der Waals surface area contributed by atoms with Gasteiger partial charge in [-0.2, -0.15) is 5.10 Å². The standard InChI is InChI=1S/C18H17N3O4/c1-2-6-15-8-3-4-10-17(15)25-13-18(22)20-19-12-14-7-5-9-16(11-14)21(23)24/h2-5,7-12H,1,6,13H2,(H,20,22)/b19-12+. The quantitative estimate of drug-likeness (QED) is 0.346. The Hall–Kier alpha value is -3.48. The Balaban J connectivity index is 1.88. The number of rotatable bonds is 8. The van der Waals surface area contributed by atoms with Crippen LogP contribution in [0.5, 0.6) is 5.75 Å². The van der Waals surface area contributed by atoms with E-state index in [4.69, 9.17) is 4.74 Å². The number of nitro groups is 1. The predicted octanol–water partition coefficient (Wildman–Crippen LogP) is 2.85. The number of benzene rings is 2. The molecule has 1 N–H and O–H groups in total. The molecule has 2 aromatic rings. The minimum Gasteiger partial charge on any atom is -0.483 e. The van der Waals surface area contributed by atoms with Gasteiger partial charge in [-0.15, -0.1) is 6.58 Å². The van der Waals surface area contributed by atoms with Crippen LogP contribution in [0.4, 0.5) is 5.69 Å². The summed E-state index contributed by atoms with van der Waals surface area (Å²) in [5, 5.41) is 14.5. The molecule has 25 heavy (non-hydrogen) atoms. The fourth-order valence-corrected chi connectivity index (χ4v) is 2.04. The third-order valence-corrected chi connectivity index (χ3v) is 3.18. The van der Waals surface area contributed by atoms with E-state index in [1.54, 1.807) is 24.3 Å². The number of para-hydroxylation sites is 1. The first-order valence-electron chi connectivity index (χ1n) is 7.48. The SMILES string of the molecule is C=CCc1ccccc1OCC(=O)N/N=C/c1cccc([N+](=O)[O-])c1. The zero-order valence-corrected chi connectivity index (χ0v) is 13.4. The maximum absolute atomic E-state index is 11.8. The predicted molar refractivity (Wildman–Crippen MR) is 94.7 cm³/mol. The summed E-state index contributed by atoms with van der Waals surface area (Å²) < 4.78 is 5.48. The summed E-state index contributed by atoms with van der Waals surface area (Å²) in [6.45, 7) is 3.49. The highest BCUT2D eigenvalue weighted by molar-refractivity contribution is 5.83. The van der Waals surface area contributed by atoms with E-state index in [9.17, 15) is 14.9 Å². The van der Waals surface area contributed by atoms with Crippen LogP contribution in [0.3, 0.4) is 0 Å². The highest BCUT2D eigenvalue weighted by Crippen LogP contribution is 2.18. The molecule has 0 heterocycles. The topological polar surface area (TPSA) is 93.8 Å². The Morgan fingerprint density at radius 3 is 2.84 bits per heavy atom. The molecule has 0 atom stereocenters. The van der Waals surface area contributed by atoms with E-state index in [-0.39, 0.29) is 12.3 Å². The Morgan fingerprint density at radius 1 is 1.28 bits per heavy atom. The summed E-state index contributed by atoms with van der Waals surface area (Å²) in [6.07, 6.45) is 3.73. The van der Waals surface area contributed by atoms with Crippen LogP contribution in [-0.4, -0.2) is 23.7 Å². The van der Waals surface area contributed by atoms with Crippen molar-refractivity contribution in [1.29, 1.82) is 0 Å². The monoisotopic (exact) mass is 339 g/mol. The molecule has 0 spiro atoms. The van der Waals surface area contributed by atoms with Crippen molar-refractivity contribution in [3.8, 4) is 5.75 Å². The van der Waals surface area contributed by atoms with Gasteiger partial charge in [0, 0.05) is 17.7 Å². The molecule has 0 fully saturated rings. The first-order chi connectivity index (χ1) is 12.1. The van der Waals surface area contributed by atoms with Crippen LogP contribution in [0.25, 0.3) is 0 Å². The van der Waals surface area contributed by atoms with Gasteiger partial charge in [-0.25, -0.2) is 5.43 Å². The lowest BCUT2D eigenvalue weighted by atomic mass is 10.1. The number of carbonyl (C=O) groups is 1. The lowest BCUT2D eigenvalue weighted by molar-refractivity contribution is -0.384. The second kappa shape index (κ2) is 8.97. The maximum atomic E-state index is 11.8. The van der Waals surface area contributed by atoms with Gasteiger partial charge in [0.2, 0.25) is 0 Å². The van der Waals surface area contributed by atoms with Crippen molar-refractivity contribution in [3.05, 3.63) is 82.4 Å². The fraction of sp³-hybridized carbons (Fsp3) is 0.111. The highest BCUT2D eigenvalue weighted by Gasteiger charge is 2.06. The molecule has 128 valence electrons. The number of nitro benzene ring substituents is 1. The number of hydrazone groups is 1. The first-order valence-corrected chi connectivity index (χ1v) is 7.48. The number of allylic oxidation sites excluding steroid dienone is 1. The van der Waals surface area contributed by atoms with Gasteiger partial charge in [-0.05, 0) is 18.1 Å². The van der Waals surface area contributed by atoms with Gasteiger partial charge in [-0.3, -0.25) is 14.9 Å². The second-order valence-corrected chi connectivity index (χ2v) is 5.03. The minimum absolute atomic E-state index is 0.0440. The molecule has 0 aliphatic rings. The lowest BCUT2D eigenvalue weighted by Crippen LogP contribution is -2.24. The molecule has 0 radical (unpaired) electrons. The molecular formula is C18H17N3O4. The van der Waals surface area contributed by atoms with Crippen molar-refractivity contribution in [1.82, 2.24) is 5.43 Å². The fourth-order valence-electron chi connectivity index (χ4n) is 2.04. The number of hydrogen-bond acceptors (Lipinski definition) is 5. The summed E-state index contributed by atoms with van der Waals surface area (Å²) in [6, 6.07) is 13.3. The number of carbonyl (C=O) groups excluding carboxylic acids is 1. The Kier molecular flexibility index (Phi) is 6.41. The van der Waals surface area contributed by atoms with Crippen molar-refractivity contribution < 1.29 is 14.5 Å². The zero-order chi connectivity index (χ0) is 18.1. The molecule has 7 heteroatoms. The average Bonchev–Trinajstić information content (AvgIpc) is 2.61. The molecule has 7 nitrogen and oxygen atoms in total. The van der Waals surface area contributed by atoms with Crippen LogP contribution >= 0.6 is 0 Å². The van der Waals surface area contributed by atoms with E-state index < -0.39 is 10.8 Å². The number of nitrogens with one attached hydrogen (secondary N) is 1. The number of amides is 1. The average molecular weight is 339 g/mol. The molecule has 2 aromatic carbocycles. The molecule has 0 saturated heterocycles. The first kappa shape index (κ1) is 17.9. The van der Waals surface area contributed by atoms with Crippen LogP contribution in [-0.2, 0) is 11.2 Å². The largest absolute Gasteiger partial charge is 0.483 e. The van der Waals surface area contributed by atoms with E-state index in [0.717, 1.165) is 5.56 Å². The summed E-state index contributed by atoms with van der Waals surface area (Å²) in [5.41, 5.74) is 3.71. The van der Waals surface area contributed by atoms with E-state index in [1.165, 1.54) is 18.3 Å². The van der Waals surface area contributed by atoms with Crippen LogP contribution in [0.1, 0.15) is 11.1 Å². The van der Waals surface area contributed by atoms with Gasteiger partial charge in [0.1, 0.15) is 5.75 Å². The Morgan fingerprint density at radius 2 is 2.08 bits per heavy atom. The molecular weight excluding hydrogens is 322 g/mol. The Bertz CT molecular complexity index is 802. The van der Waals surface area contributed by atoms with Gasteiger partial charge in [0.25, 0.3) is 11.6 Å². The maximum Gasteiger partial charge on any atom is 0.277 e. The van der Waals surface area contributed by atoms with Gasteiger partial charge >= 0.3 is 0 Å². The highest BCUT2D eigenvalue weighted by atomic mass is 16.6. The summed E-state index contributed by atoms with van der Waals surface area (Å²) in [5.74, 6) is 0.176. The summed E-state index contributed by atoms with van der Waals surface area (Å²) >= 11 is 0.